The van der Waals surface area contributed by atoms with Crippen LogP contribution in [0.15, 0.2) is 0 Å². The average Bonchev–Trinajstić information content (AvgIpc) is 1.63. The van der Waals surface area contributed by atoms with Gasteiger partial charge in [0.2, 0.25) is 0 Å². The average molecular weight is 144 g/mol. The van der Waals surface area contributed by atoms with E-state index in [0.717, 1.165) is 0 Å². The van der Waals surface area contributed by atoms with Gasteiger partial charge in [0.25, 0.3) is 0 Å². The molecule has 0 atom stereocenters. The molecule has 52 valence electrons. The fourth-order valence-electron chi connectivity index (χ4n) is 0.449. The third-order valence-electron chi connectivity index (χ3n) is 1.07. The first-order valence-electron chi connectivity index (χ1n) is 3.06. The highest BCUT2D eigenvalue weighted by atomic mass is 28.1. The maximum atomic E-state index is 10.8. The van der Waals surface area contributed by atoms with Crippen molar-refractivity contribution in [1.82, 2.24) is 0 Å². The minimum absolute atomic E-state index is 0.0166. The molecule has 0 aliphatic heterocycles. The van der Waals surface area contributed by atoms with Crippen LogP contribution in [0.3, 0.4) is 0 Å². The Balaban J connectivity index is 3.64. The summed E-state index contributed by atoms with van der Waals surface area (Å²) in [6.07, 6.45) is 0.157. The molecule has 0 aliphatic rings. The minimum Gasteiger partial charge on any atom is -0.306 e. The monoisotopic (exact) mass is 144 g/mol. The van der Waals surface area contributed by atoms with Crippen molar-refractivity contribution in [2.75, 3.05) is 0 Å². The molecule has 2 nitrogen and oxygen atoms in total. The van der Waals surface area contributed by atoms with Crippen LogP contribution < -0.4 is 0 Å². The van der Waals surface area contributed by atoms with Crippen molar-refractivity contribution in [2.24, 2.45) is 5.92 Å². The Bertz CT molecular complexity index is 129. The van der Waals surface area contributed by atoms with Crippen LogP contribution in [0.25, 0.3) is 0 Å². The van der Waals surface area contributed by atoms with Gasteiger partial charge in [-0.15, -0.1) is 0 Å². The lowest BCUT2D eigenvalue weighted by molar-refractivity contribution is -0.125. The molecular formula is C6H12O2Si. The van der Waals surface area contributed by atoms with E-state index in [0.29, 0.717) is 10.2 Å². The molecule has 0 fully saturated rings. The van der Waals surface area contributed by atoms with Gasteiger partial charge in [-0.25, -0.2) is 0 Å². The SMILES string of the molecule is CC(C)C(=O)CC(=O)[SiH3]. The van der Waals surface area contributed by atoms with Crippen molar-refractivity contribution in [3.8, 4) is 0 Å². The Morgan fingerprint density at radius 3 is 2.00 bits per heavy atom. The van der Waals surface area contributed by atoms with E-state index in [1.165, 1.54) is 0 Å². The van der Waals surface area contributed by atoms with Crippen molar-refractivity contribution >= 4 is 21.4 Å². The Labute approximate surface area is 58.1 Å². The molecule has 0 rings (SSSR count). The predicted molar refractivity (Wildman–Crippen MR) is 39.4 cm³/mol. The van der Waals surface area contributed by atoms with Crippen LogP contribution in [-0.4, -0.2) is 21.4 Å². The summed E-state index contributed by atoms with van der Waals surface area (Å²) in [7, 11) is 0.503. The van der Waals surface area contributed by atoms with E-state index in [4.69, 9.17) is 0 Å². The van der Waals surface area contributed by atoms with E-state index < -0.39 is 0 Å². The largest absolute Gasteiger partial charge is 0.306 e. The van der Waals surface area contributed by atoms with Crippen molar-refractivity contribution in [3.05, 3.63) is 0 Å². The van der Waals surface area contributed by atoms with Crippen LogP contribution in [0.4, 0.5) is 0 Å². The third kappa shape index (κ3) is 4.09. The van der Waals surface area contributed by atoms with Crippen LogP contribution in [0, 0.1) is 5.92 Å². The fourth-order valence-corrected chi connectivity index (χ4v) is 0.798. The van der Waals surface area contributed by atoms with Gasteiger partial charge in [-0.2, -0.15) is 0 Å². The third-order valence-corrected chi connectivity index (χ3v) is 1.42. The Morgan fingerprint density at radius 2 is 1.89 bits per heavy atom. The molecule has 0 heterocycles. The van der Waals surface area contributed by atoms with Crippen LogP contribution in [-0.2, 0) is 9.59 Å². The summed E-state index contributed by atoms with van der Waals surface area (Å²) in [5, 5.41) is 0.0914. The lowest BCUT2D eigenvalue weighted by atomic mass is 10.1. The van der Waals surface area contributed by atoms with Gasteiger partial charge in [0, 0.05) is 5.92 Å². The number of hydrogen-bond donors (Lipinski definition) is 0. The first-order chi connectivity index (χ1) is 4.04. The number of rotatable bonds is 3. The summed E-state index contributed by atoms with van der Waals surface area (Å²) in [5.41, 5.74) is 0. The summed E-state index contributed by atoms with van der Waals surface area (Å²) in [6.45, 7) is 3.62. The molecule has 0 aromatic carbocycles. The van der Waals surface area contributed by atoms with Crippen molar-refractivity contribution in [3.63, 3.8) is 0 Å². The van der Waals surface area contributed by atoms with Crippen LogP contribution in [0.2, 0.25) is 0 Å². The number of carbonyl (C=O) groups excluding carboxylic acids is 2. The first-order valence-corrected chi connectivity index (χ1v) is 4.06. The van der Waals surface area contributed by atoms with E-state index in [2.05, 4.69) is 0 Å². The Morgan fingerprint density at radius 1 is 1.44 bits per heavy atom. The van der Waals surface area contributed by atoms with E-state index >= 15 is 0 Å². The highest BCUT2D eigenvalue weighted by Crippen LogP contribution is 1.97. The summed E-state index contributed by atoms with van der Waals surface area (Å²) < 4.78 is 0. The molecule has 0 radical (unpaired) electrons. The highest BCUT2D eigenvalue weighted by Gasteiger charge is 2.08. The molecule has 3 heteroatoms. The maximum absolute atomic E-state index is 10.8. The molecule has 0 bridgehead atoms. The maximum Gasteiger partial charge on any atom is 0.142 e. The second-order valence-electron chi connectivity index (χ2n) is 2.50. The smallest absolute Gasteiger partial charge is 0.142 e. The summed E-state index contributed by atoms with van der Waals surface area (Å²) in [4.78, 5) is 21.2. The van der Waals surface area contributed by atoms with Crippen LogP contribution >= 0.6 is 0 Å². The first kappa shape index (κ1) is 8.56. The molecule has 0 unspecified atom stereocenters. The number of Topliss-reactive ketones (excluding diaryl/α,β-unsaturated/α-hetero) is 1. The molecule has 0 saturated carbocycles. The number of carbonyl (C=O) groups is 2. The molecule has 0 aromatic rings. The molecule has 0 spiro atoms. The lowest BCUT2D eigenvalue weighted by Crippen LogP contribution is -2.12. The zero-order chi connectivity index (χ0) is 7.44. The molecule has 0 saturated heterocycles. The quantitative estimate of drug-likeness (QED) is 0.395. The molecule has 0 aliphatic carbocycles. The van der Waals surface area contributed by atoms with Crippen LogP contribution in [0.5, 0.6) is 0 Å². The second kappa shape index (κ2) is 3.56. The van der Waals surface area contributed by atoms with Crippen molar-refractivity contribution in [2.45, 2.75) is 20.3 Å². The lowest BCUT2D eigenvalue weighted by Gasteiger charge is -1.98. The van der Waals surface area contributed by atoms with E-state index in [-0.39, 0.29) is 23.5 Å². The Kier molecular flexibility index (Phi) is 3.38. The molecule has 9 heavy (non-hydrogen) atoms. The summed E-state index contributed by atoms with van der Waals surface area (Å²) >= 11 is 0. The molecule has 0 aromatic heterocycles. The van der Waals surface area contributed by atoms with Crippen molar-refractivity contribution in [1.29, 1.82) is 0 Å². The van der Waals surface area contributed by atoms with Gasteiger partial charge < -0.3 is 4.79 Å². The van der Waals surface area contributed by atoms with E-state index in [1.807, 2.05) is 13.8 Å². The van der Waals surface area contributed by atoms with E-state index in [9.17, 15) is 9.59 Å². The van der Waals surface area contributed by atoms with Crippen molar-refractivity contribution < 1.29 is 9.59 Å². The van der Waals surface area contributed by atoms with Gasteiger partial charge in [0.1, 0.15) is 11.2 Å². The topological polar surface area (TPSA) is 34.1 Å². The van der Waals surface area contributed by atoms with Gasteiger partial charge in [-0.3, -0.25) is 4.79 Å². The minimum atomic E-state index is 0.0166. The predicted octanol–water partition coefficient (Wildman–Crippen LogP) is -0.506. The highest BCUT2D eigenvalue weighted by molar-refractivity contribution is 6.59. The summed E-state index contributed by atoms with van der Waals surface area (Å²) in [5.74, 6) is 0.0814. The Hall–Kier alpha value is -0.443. The molecule has 0 amide bonds. The van der Waals surface area contributed by atoms with E-state index in [1.54, 1.807) is 0 Å². The van der Waals surface area contributed by atoms with Gasteiger partial charge in [-0.1, -0.05) is 13.8 Å². The van der Waals surface area contributed by atoms with Gasteiger partial charge >= 0.3 is 0 Å². The number of ketones is 1. The molecule has 0 N–H and O–H groups in total. The number of hydrogen-bond acceptors (Lipinski definition) is 2. The summed E-state index contributed by atoms with van der Waals surface area (Å²) in [6, 6.07) is 0. The molecular weight excluding hydrogens is 132 g/mol. The van der Waals surface area contributed by atoms with Gasteiger partial charge in [0.15, 0.2) is 0 Å². The van der Waals surface area contributed by atoms with Crippen LogP contribution in [0.1, 0.15) is 20.3 Å². The zero-order valence-corrected chi connectivity index (χ0v) is 8.10. The van der Waals surface area contributed by atoms with Gasteiger partial charge in [-0.05, 0) is 0 Å². The fraction of sp³-hybridized carbons (Fsp3) is 0.667. The second-order valence-corrected chi connectivity index (χ2v) is 3.62. The normalized spacial score (nSPS) is 10.1. The zero-order valence-electron chi connectivity index (χ0n) is 6.10. The van der Waals surface area contributed by atoms with Gasteiger partial charge in [0.05, 0.1) is 16.7 Å². The standard InChI is InChI=1S/C6H12O2Si/c1-4(2)5(7)3-6(8)9/h4H,3H2,1-2,9H3.